The maximum absolute atomic E-state index is 13.6. The monoisotopic (exact) mass is 484 g/mol. The molecule has 1 saturated carbocycles. The number of rotatable bonds is 9. The first-order valence-electron chi connectivity index (χ1n) is 11.1. The third-order valence-corrected chi connectivity index (χ3v) is 7.11. The number of methoxy groups -OCH3 is 1. The molecule has 0 saturated heterocycles. The molecule has 9 heteroatoms. The molecule has 2 atom stereocenters. The summed E-state index contributed by atoms with van der Waals surface area (Å²) in [5.41, 5.74) is 2.68. The predicted molar refractivity (Wildman–Crippen MR) is 131 cm³/mol. The van der Waals surface area contributed by atoms with Crippen molar-refractivity contribution >= 4 is 38.0 Å². The zero-order valence-corrected chi connectivity index (χ0v) is 20.2. The van der Waals surface area contributed by atoms with Crippen LogP contribution in [0.25, 0.3) is 0 Å². The van der Waals surface area contributed by atoms with Crippen molar-refractivity contribution in [2.24, 2.45) is 5.92 Å². The normalized spacial score (nSPS) is 17.4. The van der Waals surface area contributed by atoms with Gasteiger partial charge in [0, 0.05) is 33.6 Å². The second-order valence-electron chi connectivity index (χ2n) is 8.52. The Morgan fingerprint density at radius 1 is 1.26 bits per heavy atom. The van der Waals surface area contributed by atoms with Crippen LogP contribution in [0.2, 0.25) is 0 Å². The van der Waals surface area contributed by atoms with Crippen LogP contribution < -0.4 is 14.8 Å². The summed E-state index contributed by atoms with van der Waals surface area (Å²) in [7, 11) is -1.45. The first-order chi connectivity index (χ1) is 16.3. The number of fused-ring (bicyclic) bond motifs is 1. The van der Waals surface area contributed by atoms with Gasteiger partial charge in [-0.15, -0.1) is 0 Å². The Bertz CT molecular complexity index is 1260. The highest BCUT2D eigenvalue weighted by atomic mass is 32.2. The molecule has 0 spiro atoms. The second kappa shape index (κ2) is 9.50. The van der Waals surface area contributed by atoms with E-state index in [1.165, 1.54) is 18.7 Å². The number of hydrogen-bond donors (Lipinski definition) is 1. The summed E-state index contributed by atoms with van der Waals surface area (Å²) >= 11 is 0. The van der Waals surface area contributed by atoms with Crippen molar-refractivity contribution in [3.8, 4) is 11.5 Å². The molecule has 1 aliphatic carbocycles. The lowest BCUT2D eigenvalue weighted by atomic mass is 10.1. The fraction of sp³-hybridized carbons (Fsp3) is 0.360. The van der Waals surface area contributed by atoms with Crippen LogP contribution in [0.15, 0.2) is 36.4 Å². The Hall–Kier alpha value is -3.33. The van der Waals surface area contributed by atoms with E-state index in [-0.39, 0.29) is 24.3 Å². The van der Waals surface area contributed by atoms with E-state index in [0.717, 1.165) is 18.4 Å². The molecule has 4 rings (SSSR count). The summed E-state index contributed by atoms with van der Waals surface area (Å²) in [6.45, 7) is 2.50. The molecule has 2 unspecified atom stereocenters. The average Bonchev–Trinajstić information content (AvgIpc) is 3.62. The molecule has 180 valence electrons. The molecule has 0 bridgehead atoms. The van der Waals surface area contributed by atoms with Gasteiger partial charge in [0.25, 0.3) is 5.91 Å². The van der Waals surface area contributed by atoms with Crippen LogP contribution in [0.4, 0.5) is 5.69 Å². The van der Waals surface area contributed by atoms with E-state index in [2.05, 4.69) is 5.32 Å². The average molecular weight is 485 g/mol. The summed E-state index contributed by atoms with van der Waals surface area (Å²) < 4.78 is 23.9. The van der Waals surface area contributed by atoms with E-state index in [1.54, 1.807) is 35.2 Å². The third kappa shape index (κ3) is 4.79. The highest BCUT2D eigenvalue weighted by molar-refractivity contribution is 8.12. The Morgan fingerprint density at radius 2 is 2.03 bits per heavy atom. The van der Waals surface area contributed by atoms with Gasteiger partial charge < -0.3 is 19.7 Å². The summed E-state index contributed by atoms with van der Waals surface area (Å²) in [6.07, 6.45) is 3.05. The molecule has 1 heterocycles. The highest BCUT2D eigenvalue weighted by Crippen LogP contribution is 2.38. The van der Waals surface area contributed by atoms with Gasteiger partial charge in [0.1, 0.15) is 0 Å². The number of anilines is 1. The number of carbonyl (C=O) groups is 3. The van der Waals surface area contributed by atoms with Crippen molar-refractivity contribution in [1.29, 1.82) is 0 Å². The smallest absolute Gasteiger partial charge is 0.257 e. The Balaban J connectivity index is 1.76. The number of amides is 2. The molecule has 2 amide bonds. The minimum Gasteiger partial charge on any atom is -0.493 e. The largest absolute Gasteiger partial charge is 0.493 e. The number of ether oxygens (including phenoxy) is 2. The molecule has 2 aliphatic rings. The number of nitrogens with zero attached hydrogens (tertiary/aromatic N) is 1. The molecule has 2 aromatic carbocycles. The van der Waals surface area contributed by atoms with Gasteiger partial charge in [-0.1, -0.05) is 18.2 Å². The Morgan fingerprint density at radius 3 is 2.68 bits per heavy atom. The molecule has 1 N–H and O–H groups in total. The van der Waals surface area contributed by atoms with Gasteiger partial charge in [-0.05, 0) is 49.1 Å². The maximum atomic E-state index is 13.6. The van der Waals surface area contributed by atoms with Crippen LogP contribution in [0.3, 0.4) is 0 Å². The van der Waals surface area contributed by atoms with Crippen molar-refractivity contribution in [3.05, 3.63) is 53.1 Å². The first kappa shape index (κ1) is 23.8. The van der Waals surface area contributed by atoms with E-state index >= 15 is 0 Å². The van der Waals surface area contributed by atoms with Crippen molar-refractivity contribution < 1.29 is 28.1 Å². The summed E-state index contributed by atoms with van der Waals surface area (Å²) in [5.74, 6) is 0.613. The number of nitrogens with one attached hydrogen (secondary N) is 1. The maximum Gasteiger partial charge on any atom is 0.257 e. The van der Waals surface area contributed by atoms with E-state index in [9.17, 15) is 18.6 Å². The second-order valence-corrected chi connectivity index (χ2v) is 10.9. The molecular formula is C25H28N2O6S. The van der Waals surface area contributed by atoms with Crippen LogP contribution in [0, 0.1) is 5.92 Å². The fourth-order valence-corrected chi connectivity index (χ4v) is 4.94. The van der Waals surface area contributed by atoms with Gasteiger partial charge >= 0.3 is 0 Å². The third-order valence-electron chi connectivity index (χ3n) is 5.93. The van der Waals surface area contributed by atoms with Gasteiger partial charge in [0.2, 0.25) is 5.91 Å². The van der Waals surface area contributed by atoms with Gasteiger partial charge in [-0.3, -0.25) is 18.6 Å². The van der Waals surface area contributed by atoms with Crippen molar-refractivity contribution in [1.82, 2.24) is 4.90 Å². The molecule has 0 radical (unpaired) electrons. The number of hydrogen-bond acceptors (Lipinski definition) is 6. The van der Waals surface area contributed by atoms with Crippen LogP contribution in [0.5, 0.6) is 11.5 Å². The molecule has 0 aromatic heterocycles. The molecule has 1 aliphatic heterocycles. The van der Waals surface area contributed by atoms with Crippen molar-refractivity contribution in [2.75, 3.05) is 25.3 Å². The van der Waals surface area contributed by atoms with E-state index in [0.29, 0.717) is 40.5 Å². The number of carbonyl (C=O) groups excluding carboxylic acids is 3. The quantitative estimate of drug-likeness (QED) is 0.434. The number of benzene rings is 2. The van der Waals surface area contributed by atoms with Crippen molar-refractivity contribution in [3.63, 3.8) is 0 Å². The van der Waals surface area contributed by atoms with E-state index in [4.69, 9.17) is 9.47 Å². The van der Waals surface area contributed by atoms with Gasteiger partial charge in [-0.2, -0.15) is 0 Å². The predicted octanol–water partition coefficient (Wildman–Crippen LogP) is 3.05. The van der Waals surface area contributed by atoms with Crippen LogP contribution in [0.1, 0.15) is 47.3 Å². The van der Waals surface area contributed by atoms with Gasteiger partial charge in [-0.25, -0.2) is 0 Å². The SMILES string of the molecule is CCOc1cc(C(C=S(C)(=O)C=O)N2Cc3cccc(NC(=O)C4CC4)c3C2=O)ccc1OC. The summed E-state index contributed by atoms with van der Waals surface area (Å²) in [6, 6.07) is 9.79. The van der Waals surface area contributed by atoms with Gasteiger partial charge in [0.05, 0.1) is 31.0 Å². The highest BCUT2D eigenvalue weighted by Gasteiger charge is 2.37. The van der Waals surface area contributed by atoms with Crippen LogP contribution >= 0.6 is 0 Å². The summed E-state index contributed by atoms with van der Waals surface area (Å²) in [5, 5.41) is 4.29. The molecule has 2 aromatic rings. The lowest BCUT2D eigenvalue weighted by Gasteiger charge is -2.27. The molecule has 34 heavy (non-hydrogen) atoms. The van der Waals surface area contributed by atoms with Crippen LogP contribution in [-0.2, 0) is 25.7 Å². The molecular weight excluding hydrogens is 456 g/mol. The van der Waals surface area contributed by atoms with E-state index in [1.807, 2.05) is 13.0 Å². The van der Waals surface area contributed by atoms with Crippen LogP contribution in [-0.4, -0.2) is 51.9 Å². The summed E-state index contributed by atoms with van der Waals surface area (Å²) in [4.78, 5) is 39.1. The topological polar surface area (TPSA) is 102 Å². The Kier molecular flexibility index (Phi) is 6.65. The van der Waals surface area contributed by atoms with Gasteiger partial charge in [0.15, 0.2) is 17.1 Å². The fourth-order valence-electron chi connectivity index (χ4n) is 4.06. The Labute approximate surface area is 199 Å². The minimum absolute atomic E-state index is 0.00167. The first-order valence-corrected chi connectivity index (χ1v) is 13.2. The standard InChI is InChI=1S/C25H28N2O6S/c1-4-33-22-12-17(10-11-21(22)32-2)20(14-34(3,31)15-28)27-13-18-6-5-7-19(23(18)25(27)30)26-24(29)16-8-9-16/h5-7,10-12,14-16,20H,4,8-9,13H2,1-3H3,(H,26,29). The lowest BCUT2D eigenvalue weighted by Crippen LogP contribution is -2.32. The van der Waals surface area contributed by atoms with Crippen molar-refractivity contribution in [2.45, 2.75) is 32.4 Å². The lowest BCUT2D eigenvalue weighted by molar-refractivity contribution is -0.117. The molecule has 1 fully saturated rings. The minimum atomic E-state index is -2.98. The van der Waals surface area contributed by atoms with E-state index < -0.39 is 15.6 Å². The zero-order valence-electron chi connectivity index (χ0n) is 19.4. The molecule has 8 nitrogen and oxygen atoms in total. The zero-order chi connectivity index (χ0) is 24.5.